The molecule has 5 nitrogen and oxygen atoms in total. The molecule has 2 aliphatic rings. The fourth-order valence-corrected chi connectivity index (χ4v) is 3.00. The van der Waals surface area contributed by atoms with Gasteiger partial charge < -0.3 is 15.3 Å². The van der Waals surface area contributed by atoms with Crippen molar-refractivity contribution in [3.05, 3.63) is 0 Å². The lowest BCUT2D eigenvalue weighted by Crippen LogP contribution is -2.44. The molecule has 2 N–H and O–H groups in total. The number of hydrogen-bond acceptors (Lipinski definition) is 2. The Morgan fingerprint density at radius 2 is 2.10 bits per heavy atom. The molecule has 0 aromatic carbocycles. The Bertz CT molecular complexity index is 379. The van der Waals surface area contributed by atoms with E-state index in [0.29, 0.717) is 26.1 Å². The highest BCUT2D eigenvalue weighted by molar-refractivity contribution is 5.80. The summed E-state index contributed by atoms with van der Waals surface area (Å²) < 4.78 is 0. The number of nitrogens with one attached hydrogen (secondary N) is 1. The number of carbonyl (C=O) groups is 2. The molecular formula is C15H26N2O3. The molecule has 1 aliphatic heterocycles. The van der Waals surface area contributed by atoms with Gasteiger partial charge in [0.1, 0.15) is 0 Å². The van der Waals surface area contributed by atoms with Crippen LogP contribution in [0.25, 0.3) is 0 Å². The van der Waals surface area contributed by atoms with Gasteiger partial charge >= 0.3 is 12.0 Å². The van der Waals surface area contributed by atoms with Crippen molar-refractivity contribution in [2.75, 3.05) is 19.6 Å². The first-order chi connectivity index (χ1) is 9.45. The standard InChI is InChI=1S/C15H26N2O3/c1-11(2)15(13(18)19)7-9-17(10-15)14(20)16-8-3-4-12-5-6-12/h11-12H,3-10H2,1-2H3,(H,16,20)(H,18,19). The van der Waals surface area contributed by atoms with E-state index in [1.807, 2.05) is 13.8 Å². The fourth-order valence-electron chi connectivity index (χ4n) is 3.00. The predicted molar refractivity (Wildman–Crippen MR) is 76.5 cm³/mol. The van der Waals surface area contributed by atoms with Gasteiger partial charge in [-0.2, -0.15) is 0 Å². The van der Waals surface area contributed by atoms with Crippen molar-refractivity contribution in [1.29, 1.82) is 0 Å². The van der Waals surface area contributed by atoms with E-state index in [9.17, 15) is 14.7 Å². The van der Waals surface area contributed by atoms with Crippen LogP contribution in [0.3, 0.4) is 0 Å². The Morgan fingerprint density at radius 3 is 2.60 bits per heavy atom. The molecule has 0 radical (unpaired) electrons. The molecule has 0 bridgehead atoms. The summed E-state index contributed by atoms with van der Waals surface area (Å²) in [5.74, 6) is 0.142. The average Bonchev–Trinajstić information content (AvgIpc) is 3.09. The molecule has 0 aromatic rings. The van der Waals surface area contributed by atoms with Crippen LogP contribution >= 0.6 is 0 Å². The number of likely N-dealkylation sites (tertiary alicyclic amines) is 1. The second-order valence-corrected chi connectivity index (χ2v) is 6.61. The number of carbonyl (C=O) groups excluding carboxylic acids is 1. The second-order valence-electron chi connectivity index (χ2n) is 6.61. The molecule has 2 amide bonds. The number of aliphatic carboxylic acids is 1. The highest BCUT2D eigenvalue weighted by Gasteiger charge is 2.48. The fraction of sp³-hybridized carbons (Fsp3) is 0.867. The maximum absolute atomic E-state index is 12.1. The number of urea groups is 1. The minimum Gasteiger partial charge on any atom is -0.481 e. The summed E-state index contributed by atoms with van der Waals surface area (Å²) in [5, 5.41) is 12.4. The summed E-state index contributed by atoms with van der Waals surface area (Å²) in [5.41, 5.74) is -0.772. The van der Waals surface area contributed by atoms with Crippen LogP contribution in [-0.2, 0) is 4.79 Å². The lowest BCUT2D eigenvalue weighted by atomic mass is 9.76. The topological polar surface area (TPSA) is 69.6 Å². The second kappa shape index (κ2) is 6.02. The molecule has 20 heavy (non-hydrogen) atoms. The first-order valence-electron chi connectivity index (χ1n) is 7.72. The molecule has 1 unspecified atom stereocenters. The van der Waals surface area contributed by atoms with Crippen LogP contribution in [0.5, 0.6) is 0 Å². The van der Waals surface area contributed by atoms with E-state index >= 15 is 0 Å². The average molecular weight is 282 g/mol. The molecule has 1 aliphatic carbocycles. The maximum atomic E-state index is 12.1. The van der Waals surface area contributed by atoms with Crippen LogP contribution in [0, 0.1) is 17.3 Å². The molecule has 114 valence electrons. The van der Waals surface area contributed by atoms with Crippen LogP contribution in [0.4, 0.5) is 4.79 Å². The molecule has 5 heteroatoms. The van der Waals surface area contributed by atoms with E-state index in [2.05, 4.69) is 5.32 Å². The highest BCUT2D eigenvalue weighted by Crippen LogP contribution is 2.38. The van der Waals surface area contributed by atoms with Crippen molar-refractivity contribution in [3.63, 3.8) is 0 Å². The number of nitrogens with zero attached hydrogens (tertiary/aromatic N) is 1. The van der Waals surface area contributed by atoms with E-state index in [1.54, 1.807) is 4.90 Å². The number of hydrogen-bond donors (Lipinski definition) is 2. The third kappa shape index (κ3) is 3.25. The lowest BCUT2D eigenvalue weighted by molar-refractivity contribution is -0.150. The van der Waals surface area contributed by atoms with E-state index < -0.39 is 11.4 Å². The third-order valence-corrected chi connectivity index (χ3v) is 4.88. The van der Waals surface area contributed by atoms with E-state index in [-0.39, 0.29) is 11.9 Å². The molecule has 2 fully saturated rings. The summed E-state index contributed by atoms with van der Waals surface area (Å²) in [7, 11) is 0. The van der Waals surface area contributed by atoms with E-state index in [1.165, 1.54) is 19.3 Å². The van der Waals surface area contributed by atoms with Crippen LogP contribution in [-0.4, -0.2) is 41.6 Å². The number of amides is 2. The molecule has 2 rings (SSSR count). The monoisotopic (exact) mass is 282 g/mol. The van der Waals surface area contributed by atoms with Crippen molar-refractivity contribution in [2.45, 2.75) is 46.0 Å². The van der Waals surface area contributed by atoms with Crippen molar-refractivity contribution in [2.24, 2.45) is 17.3 Å². The van der Waals surface area contributed by atoms with Crippen LogP contribution in [0.1, 0.15) is 46.0 Å². The Morgan fingerprint density at radius 1 is 1.40 bits per heavy atom. The minimum absolute atomic E-state index is 0.0349. The largest absolute Gasteiger partial charge is 0.481 e. The van der Waals surface area contributed by atoms with E-state index in [0.717, 1.165) is 12.3 Å². The van der Waals surface area contributed by atoms with Crippen molar-refractivity contribution in [1.82, 2.24) is 10.2 Å². The van der Waals surface area contributed by atoms with Gasteiger partial charge in [0, 0.05) is 19.6 Å². The Labute approximate surface area is 120 Å². The first kappa shape index (κ1) is 15.1. The number of carboxylic acids is 1. The van der Waals surface area contributed by atoms with E-state index in [4.69, 9.17) is 0 Å². The minimum atomic E-state index is -0.781. The van der Waals surface area contributed by atoms with Gasteiger partial charge in [-0.1, -0.05) is 26.7 Å². The SMILES string of the molecule is CC(C)C1(C(=O)O)CCN(C(=O)NCCCC2CC2)C1. The van der Waals surface area contributed by atoms with Gasteiger partial charge in [-0.05, 0) is 31.1 Å². The van der Waals surface area contributed by atoms with Crippen LogP contribution < -0.4 is 5.32 Å². The van der Waals surface area contributed by atoms with Gasteiger partial charge in [-0.3, -0.25) is 4.79 Å². The van der Waals surface area contributed by atoms with Gasteiger partial charge in [-0.15, -0.1) is 0 Å². The molecule has 0 aromatic heterocycles. The summed E-state index contributed by atoms with van der Waals surface area (Å²) >= 11 is 0. The summed E-state index contributed by atoms with van der Waals surface area (Å²) in [6, 6.07) is -0.107. The Kier molecular flexibility index (Phi) is 4.55. The zero-order chi connectivity index (χ0) is 14.8. The first-order valence-corrected chi connectivity index (χ1v) is 7.72. The van der Waals surface area contributed by atoms with Gasteiger partial charge in [-0.25, -0.2) is 4.79 Å². The summed E-state index contributed by atoms with van der Waals surface area (Å²) in [6.45, 7) is 5.41. The van der Waals surface area contributed by atoms with Gasteiger partial charge in [0.2, 0.25) is 0 Å². The summed E-state index contributed by atoms with van der Waals surface area (Å²) in [4.78, 5) is 25.2. The predicted octanol–water partition coefficient (Wildman–Crippen LogP) is 2.32. The Hall–Kier alpha value is -1.26. The smallest absolute Gasteiger partial charge is 0.317 e. The highest BCUT2D eigenvalue weighted by atomic mass is 16.4. The van der Waals surface area contributed by atoms with Crippen LogP contribution in [0.2, 0.25) is 0 Å². The molecule has 0 spiro atoms. The lowest BCUT2D eigenvalue weighted by Gasteiger charge is -2.28. The number of carboxylic acid groups (broad SMARTS) is 1. The van der Waals surface area contributed by atoms with Crippen molar-refractivity contribution < 1.29 is 14.7 Å². The zero-order valence-corrected chi connectivity index (χ0v) is 12.5. The quantitative estimate of drug-likeness (QED) is 0.735. The number of rotatable bonds is 6. The van der Waals surface area contributed by atoms with Gasteiger partial charge in [0.15, 0.2) is 0 Å². The van der Waals surface area contributed by atoms with Gasteiger partial charge in [0.05, 0.1) is 5.41 Å². The maximum Gasteiger partial charge on any atom is 0.317 e. The molecule has 1 saturated carbocycles. The van der Waals surface area contributed by atoms with Gasteiger partial charge in [0.25, 0.3) is 0 Å². The third-order valence-electron chi connectivity index (χ3n) is 4.88. The summed E-state index contributed by atoms with van der Waals surface area (Å²) in [6.07, 6.45) is 5.46. The van der Waals surface area contributed by atoms with Crippen molar-refractivity contribution >= 4 is 12.0 Å². The molecule has 1 saturated heterocycles. The molecule has 1 heterocycles. The Balaban J connectivity index is 1.78. The molecule has 1 atom stereocenters. The molecular weight excluding hydrogens is 256 g/mol. The van der Waals surface area contributed by atoms with Crippen molar-refractivity contribution in [3.8, 4) is 0 Å². The zero-order valence-electron chi connectivity index (χ0n) is 12.5. The normalized spacial score (nSPS) is 26.1. The van der Waals surface area contributed by atoms with Crippen LogP contribution in [0.15, 0.2) is 0 Å².